The molecule has 0 aliphatic rings. The number of amides is 1. The highest BCUT2D eigenvalue weighted by Crippen LogP contribution is 2.12. The molecule has 0 unspecified atom stereocenters. The number of rotatable bonds is 5. The molecule has 1 heterocycles. The van der Waals surface area contributed by atoms with Gasteiger partial charge in [0.1, 0.15) is 11.4 Å². The summed E-state index contributed by atoms with van der Waals surface area (Å²) in [6.45, 7) is 0.479. The summed E-state index contributed by atoms with van der Waals surface area (Å²) < 4.78 is 5.13. The van der Waals surface area contributed by atoms with Gasteiger partial charge >= 0.3 is 0 Å². The van der Waals surface area contributed by atoms with Crippen LogP contribution in [0.15, 0.2) is 41.5 Å². The monoisotopic (exact) mass is 273 g/mol. The molecule has 0 saturated carbocycles. The Morgan fingerprint density at radius 2 is 2.30 bits per heavy atom. The standard InChI is InChI=1S/C14H15N3O3/c1-20-11-4-2-3-10(7-11)5-6-15-14(19)12-8-17-13(18)9-16-12/h2-4,7-9H,5-6H2,1H3,(H,15,19)(H,17,18). The van der Waals surface area contributed by atoms with Crippen LogP contribution >= 0.6 is 0 Å². The number of hydrogen-bond acceptors (Lipinski definition) is 4. The van der Waals surface area contributed by atoms with E-state index in [1.165, 1.54) is 6.20 Å². The molecule has 0 aliphatic heterocycles. The maximum absolute atomic E-state index is 11.7. The third kappa shape index (κ3) is 3.68. The van der Waals surface area contributed by atoms with Crippen LogP contribution < -0.4 is 15.6 Å². The highest BCUT2D eigenvalue weighted by atomic mass is 16.5. The lowest BCUT2D eigenvalue weighted by Crippen LogP contribution is -2.27. The molecule has 0 aliphatic carbocycles. The van der Waals surface area contributed by atoms with E-state index >= 15 is 0 Å². The number of carbonyl (C=O) groups is 1. The van der Waals surface area contributed by atoms with Crippen LogP contribution in [-0.2, 0) is 6.42 Å². The zero-order valence-corrected chi connectivity index (χ0v) is 11.1. The quantitative estimate of drug-likeness (QED) is 0.842. The normalized spacial score (nSPS) is 10.1. The first-order valence-corrected chi connectivity index (χ1v) is 6.15. The first-order valence-electron chi connectivity index (χ1n) is 6.15. The molecule has 6 heteroatoms. The van der Waals surface area contributed by atoms with Gasteiger partial charge in [-0.3, -0.25) is 9.59 Å². The van der Waals surface area contributed by atoms with Crippen LogP contribution in [-0.4, -0.2) is 29.5 Å². The van der Waals surface area contributed by atoms with E-state index < -0.39 is 0 Å². The molecule has 0 radical (unpaired) electrons. The SMILES string of the molecule is COc1cccc(CCNC(=O)c2c[nH]c(=O)cn2)c1. The molecule has 20 heavy (non-hydrogen) atoms. The van der Waals surface area contributed by atoms with E-state index in [-0.39, 0.29) is 17.2 Å². The number of carbonyl (C=O) groups excluding carboxylic acids is 1. The van der Waals surface area contributed by atoms with Gasteiger partial charge in [-0.1, -0.05) is 12.1 Å². The first-order chi connectivity index (χ1) is 9.69. The van der Waals surface area contributed by atoms with Crippen LogP contribution in [0.3, 0.4) is 0 Å². The number of nitrogens with zero attached hydrogens (tertiary/aromatic N) is 1. The summed E-state index contributed by atoms with van der Waals surface area (Å²) in [7, 11) is 1.61. The minimum absolute atomic E-state index is 0.190. The van der Waals surface area contributed by atoms with Gasteiger partial charge in [-0.25, -0.2) is 4.98 Å². The molecule has 1 aromatic carbocycles. The molecular formula is C14H15N3O3. The Kier molecular flexibility index (Phi) is 4.49. The van der Waals surface area contributed by atoms with Gasteiger partial charge in [0.25, 0.3) is 11.5 Å². The lowest BCUT2D eigenvalue weighted by atomic mass is 10.1. The Labute approximate surface area is 115 Å². The van der Waals surface area contributed by atoms with Crippen molar-refractivity contribution in [1.29, 1.82) is 0 Å². The van der Waals surface area contributed by atoms with Gasteiger partial charge in [0.05, 0.1) is 13.3 Å². The number of hydrogen-bond donors (Lipinski definition) is 2. The second kappa shape index (κ2) is 6.51. The molecule has 0 fully saturated rings. The maximum Gasteiger partial charge on any atom is 0.271 e. The van der Waals surface area contributed by atoms with Gasteiger partial charge in [-0.2, -0.15) is 0 Å². The van der Waals surface area contributed by atoms with Crippen molar-refractivity contribution in [3.63, 3.8) is 0 Å². The van der Waals surface area contributed by atoms with E-state index in [1.807, 2.05) is 24.3 Å². The van der Waals surface area contributed by atoms with E-state index in [4.69, 9.17) is 4.74 Å². The van der Waals surface area contributed by atoms with Gasteiger partial charge < -0.3 is 15.0 Å². The molecule has 1 amide bonds. The summed E-state index contributed by atoms with van der Waals surface area (Å²) in [5.74, 6) is 0.472. The van der Waals surface area contributed by atoms with Crippen LogP contribution in [0.4, 0.5) is 0 Å². The minimum Gasteiger partial charge on any atom is -0.497 e. The summed E-state index contributed by atoms with van der Waals surface area (Å²) in [5, 5.41) is 2.74. The molecule has 0 saturated heterocycles. The number of ether oxygens (including phenoxy) is 1. The summed E-state index contributed by atoms with van der Waals surface area (Å²) in [4.78, 5) is 28.8. The second-order valence-corrected chi connectivity index (χ2v) is 4.15. The van der Waals surface area contributed by atoms with Gasteiger partial charge in [0.15, 0.2) is 0 Å². The highest BCUT2D eigenvalue weighted by molar-refractivity contribution is 5.91. The van der Waals surface area contributed by atoms with Crippen LogP contribution in [0.5, 0.6) is 5.75 Å². The predicted molar refractivity (Wildman–Crippen MR) is 73.9 cm³/mol. The molecule has 0 bridgehead atoms. The number of H-pyrrole nitrogens is 1. The number of aromatic amines is 1. The fraction of sp³-hybridized carbons (Fsp3) is 0.214. The van der Waals surface area contributed by atoms with E-state index in [0.29, 0.717) is 13.0 Å². The topological polar surface area (TPSA) is 84.1 Å². The second-order valence-electron chi connectivity index (χ2n) is 4.15. The number of aromatic nitrogens is 2. The molecule has 0 atom stereocenters. The zero-order valence-electron chi connectivity index (χ0n) is 11.1. The number of methoxy groups -OCH3 is 1. The minimum atomic E-state index is -0.335. The van der Waals surface area contributed by atoms with Crippen molar-refractivity contribution in [1.82, 2.24) is 15.3 Å². The Morgan fingerprint density at radius 1 is 1.45 bits per heavy atom. The summed E-state index contributed by atoms with van der Waals surface area (Å²) >= 11 is 0. The van der Waals surface area contributed by atoms with E-state index in [0.717, 1.165) is 17.5 Å². The predicted octanol–water partition coefficient (Wildman–Crippen LogP) is 0.751. The summed E-state index contributed by atoms with van der Waals surface area (Å²) in [5.41, 5.74) is 0.923. The third-order valence-corrected chi connectivity index (χ3v) is 2.74. The Balaban J connectivity index is 1.87. The average molecular weight is 273 g/mol. The van der Waals surface area contributed by atoms with Crippen LogP contribution in [0.2, 0.25) is 0 Å². The first kappa shape index (κ1) is 13.8. The zero-order chi connectivity index (χ0) is 14.4. The third-order valence-electron chi connectivity index (χ3n) is 2.74. The van der Waals surface area contributed by atoms with Crippen molar-refractivity contribution in [2.24, 2.45) is 0 Å². The van der Waals surface area contributed by atoms with Gasteiger partial charge in [-0.15, -0.1) is 0 Å². The van der Waals surface area contributed by atoms with Crippen LogP contribution in [0.1, 0.15) is 16.1 Å². The highest BCUT2D eigenvalue weighted by Gasteiger charge is 2.06. The van der Waals surface area contributed by atoms with Crippen molar-refractivity contribution in [3.8, 4) is 5.75 Å². The van der Waals surface area contributed by atoms with E-state index in [9.17, 15) is 9.59 Å². The largest absolute Gasteiger partial charge is 0.497 e. The average Bonchev–Trinajstić information content (AvgIpc) is 2.48. The molecule has 1 aromatic heterocycles. The van der Waals surface area contributed by atoms with Crippen molar-refractivity contribution in [3.05, 3.63) is 58.3 Å². The summed E-state index contributed by atoms with van der Waals surface area (Å²) in [6.07, 6.45) is 3.06. The maximum atomic E-state index is 11.7. The fourth-order valence-corrected chi connectivity index (χ4v) is 1.71. The molecule has 6 nitrogen and oxygen atoms in total. The Hall–Kier alpha value is -2.63. The molecule has 2 N–H and O–H groups in total. The van der Waals surface area contributed by atoms with Crippen molar-refractivity contribution >= 4 is 5.91 Å². The molecular weight excluding hydrogens is 258 g/mol. The molecule has 104 valence electrons. The molecule has 2 aromatic rings. The van der Waals surface area contributed by atoms with E-state index in [2.05, 4.69) is 15.3 Å². The van der Waals surface area contributed by atoms with Gasteiger partial charge in [0, 0.05) is 12.7 Å². The van der Waals surface area contributed by atoms with Crippen molar-refractivity contribution in [2.45, 2.75) is 6.42 Å². The van der Waals surface area contributed by atoms with E-state index in [1.54, 1.807) is 7.11 Å². The Morgan fingerprint density at radius 3 is 3.00 bits per heavy atom. The Bertz CT molecular complexity index is 632. The lowest BCUT2D eigenvalue weighted by Gasteiger charge is -2.06. The van der Waals surface area contributed by atoms with Crippen LogP contribution in [0, 0.1) is 0 Å². The number of nitrogens with one attached hydrogen (secondary N) is 2. The number of benzene rings is 1. The lowest BCUT2D eigenvalue weighted by molar-refractivity contribution is 0.0948. The van der Waals surface area contributed by atoms with Crippen LogP contribution in [0.25, 0.3) is 0 Å². The smallest absolute Gasteiger partial charge is 0.271 e. The molecule has 0 spiro atoms. The summed E-state index contributed by atoms with van der Waals surface area (Å²) in [6, 6.07) is 7.66. The van der Waals surface area contributed by atoms with Gasteiger partial charge in [0.2, 0.25) is 0 Å². The van der Waals surface area contributed by atoms with Crippen molar-refractivity contribution < 1.29 is 9.53 Å². The fourth-order valence-electron chi connectivity index (χ4n) is 1.71. The van der Waals surface area contributed by atoms with Gasteiger partial charge in [-0.05, 0) is 24.1 Å². The van der Waals surface area contributed by atoms with Crippen molar-refractivity contribution in [2.75, 3.05) is 13.7 Å². The molecule has 2 rings (SSSR count).